The number of anilines is 1. The number of carbonyl (C=O) groups excluding carboxylic acids is 1. The summed E-state index contributed by atoms with van der Waals surface area (Å²) in [6.07, 6.45) is 1.56. The van der Waals surface area contributed by atoms with Gasteiger partial charge in [0.2, 0.25) is 0 Å². The number of nitrogens with zero attached hydrogens (tertiary/aromatic N) is 1. The van der Waals surface area contributed by atoms with Crippen LogP contribution in [0.1, 0.15) is 18.5 Å². The minimum Gasteiger partial charge on any atom is -0.458 e. The van der Waals surface area contributed by atoms with Crippen LogP contribution >= 0.6 is 11.6 Å². The number of allylic oxidation sites excluding steroid dienone is 1. The van der Waals surface area contributed by atoms with E-state index in [4.69, 9.17) is 16.3 Å². The standard InChI is InChI=1S/C21H18ClN3O2/c1-3-12-27-20(26)18-13(2)23-21-24-16-6-4-5-7-17(16)25(21)19(18)14-8-10-15(22)11-9-14/h3-11,19H,1,12H2,2H3,(H,23,24,26)/p+1. The zero-order chi connectivity index (χ0) is 19.0. The first-order valence-corrected chi connectivity index (χ1v) is 9.01. The van der Waals surface area contributed by atoms with Gasteiger partial charge >= 0.3 is 11.9 Å². The summed E-state index contributed by atoms with van der Waals surface area (Å²) >= 11 is 6.08. The molecule has 27 heavy (non-hydrogen) atoms. The lowest BCUT2D eigenvalue weighted by Crippen LogP contribution is -2.48. The van der Waals surface area contributed by atoms with Gasteiger partial charge in [-0.25, -0.2) is 19.7 Å². The molecular weight excluding hydrogens is 362 g/mol. The summed E-state index contributed by atoms with van der Waals surface area (Å²) in [5.74, 6) is 0.442. The molecule has 1 aliphatic heterocycles. The fraction of sp³-hybridized carbons (Fsp3) is 0.143. The Bertz CT molecular complexity index is 1070. The van der Waals surface area contributed by atoms with Crippen LogP contribution in [0.4, 0.5) is 5.95 Å². The summed E-state index contributed by atoms with van der Waals surface area (Å²) in [6.45, 7) is 5.66. The number of benzene rings is 2. The lowest BCUT2D eigenvalue weighted by Gasteiger charge is -2.25. The van der Waals surface area contributed by atoms with Gasteiger partial charge in [-0.1, -0.05) is 48.5 Å². The van der Waals surface area contributed by atoms with Crippen LogP contribution in [0.3, 0.4) is 0 Å². The van der Waals surface area contributed by atoms with Gasteiger partial charge in [0.15, 0.2) is 0 Å². The molecule has 1 atom stereocenters. The van der Waals surface area contributed by atoms with Crippen molar-refractivity contribution in [2.75, 3.05) is 11.9 Å². The van der Waals surface area contributed by atoms with E-state index in [1.165, 1.54) is 0 Å². The Kier molecular flexibility index (Phi) is 4.46. The molecule has 2 N–H and O–H groups in total. The van der Waals surface area contributed by atoms with Crippen molar-refractivity contribution >= 4 is 34.6 Å². The van der Waals surface area contributed by atoms with Gasteiger partial charge in [0, 0.05) is 5.02 Å². The number of imidazole rings is 1. The summed E-state index contributed by atoms with van der Waals surface area (Å²) in [6, 6.07) is 15.2. The molecule has 0 radical (unpaired) electrons. The second-order valence-electron chi connectivity index (χ2n) is 6.37. The van der Waals surface area contributed by atoms with Crippen LogP contribution in [-0.2, 0) is 9.53 Å². The molecule has 0 saturated heterocycles. The van der Waals surface area contributed by atoms with Crippen molar-refractivity contribution in [3.8, 4) is 0 Å². The van der Waals surface area contributed by atoms with Crippen molar-refractivity contribution in [3.63, 3.8) is 0 Å². The number of para-hydroxylation sites is 2. The predicted octanol–water partition coefficient (Wildman–Crippen LogP) is 4.13. The van der Waals surface area contributed by atoms with Gasteiger partial charge in [0.1, 0.15) is 29.3 Å². The molecule has 0 bridgehead atoms. The molecule has 2 heterocycles. The fourth-order valence-corrected chi connectivity index (χ4v) is 3.60. The second-order valence-corrected chi connectivity index (χ2v) is 6.80. The Morgan fingerprint density at radius 1 is 1.26 bits per heavy atom. The number of H-pyrrole nitrogens is 1. The molecule has 1 aliphatic rings. The predicted molar refractivity (Wildman–Crippen MR) is 106 cm³/mol. The third-order valence-electron chi connectivity index (χ3n) is 4.64. The Hall–Kier alpha value is -3.05. The zero-order valence-electron chi connectivity index (χ0n) is 14.8. The second kappa shape index (κ2) is 6.93. The summed E-state index contributed by atoms with van der Waals surface area (Å²) in [5.41, 5.74) is 4.22. The first-order valence-electron chi connectivity index (χ1n) is 8.63. The van der Waals surface area contributed by atoms with E-state index in [9.17, 15) is 4.79 Å². The maximum absolute atomic E-state index is 12.9. The summed E-state index contributed by atoms with van der Waals surface area (Å²) < 4.78 is 7.46. The minimum atomic E-state index is -0.372. The van der Waals surface area contributed by atoms with Gasteiger partial charge in [-0.3, -0.25) is 0 Å². The molecule has 1 aromatic heterocycles. The van der Waals surface area contributed by atoms with E-state index < -0.39 is 0 Å². The van der Waals surface area contributed by atoms with Gasteiger partial charge in [-0.15, -0.1) is 0 Å². The number of rotatable bonds is 4. The van der Waals surface area contributed by atoms with Crippen LogP contribution in [0.2, 0.25) is 5.02 Å². The molecule has 0 amide bonds. The highest BCUT2D eigenvalue weighted by Crippen LogP contribution is 2.33. The van der Waals surface area contributed by atoms with E-state index >= 15 is 0 Å². The van der Waals surface area contributed by atoms with Gasteiger partial charge in [-0.2, -0.15) is 0 Å². The molecule has 0 aliphatic carbocycles. The number of fused-ring (bicyclic) bond motifs is 3. The molecule has 0 saturated carbocycles. The first kappa shape index (κ1) is 17.4. The number of hydrogen-bond acceptors (Lipinski definition) is 3. The maximum Gasteiger partial charge on any atom is 0.361 e. The van der Waals surface area contributed by atoms with E-state index in [1.807, 2.05) is 55.5 Å². The quantitative estimate of drug-likeness (QED) is 0.406. The van der Waals surface area contributed by atoms with Gasteiger partial charge < -0.3 is 4.74 Å². The van der Waals surface area contributed by atoms with Crippen molar-refractivity contribution in [1.82, 2.24) is 4.98 Å². The molecular formula is C21H19ClN3O2+. The molecule has 1 unspecified atom stereocenters. The van der Waals surface area contributed by atoms with E-state index in [0.29, 0.717) is 10.6 Å². The van der Waals surface area contributed by atoms with Crippen LogP contribution in [0.15, 0.2) is 72.5 Å². The van der Waals surface area contributed by atoms with Crippen LogP contribution in [0.25, 0.3) is 11.0 Å². The topological polar surface area (TPSA) is 58.0 Å². The van der Waals surface area contributed by atoms with E-state index in [0.717, 1.165) is 28.2 Å². The number of aromatic amines is 1. The number of esters is 1. The van der Waals surface area contributed by atoms with Crippen molar-refractivity contribution < 1.29 is 14.1 Å². The van der Waals surface area contributed by atoms with Gasteiger partial charge in [-0.05, 0) is 36.8 Å². The average Bonchev–Trinajstić information content (AvgIpc) is 3.03. The Balaban J connectivity index is 1.93. The number of ether oxygens (including phenoxy) is 1. The third-order valence-corrected chi connectivity index (χ3v) is 4.89. The fourth-order valence-electron chi connectivity index (χ4n) is 3.47. The van der Waals surface area contributed by atoms with Crippen LogP contribution in [0.5, 0.6) is 0 Å². The molecule has 0 fully saturated rings. The average molecular weight is 381 g/mol. The Labute approximate surface area is 161 Å². The molecule has 6 heteroatoms. The van der Waals surface area contributed by atoms with Gasteiger partial charge in [0.25, 0.3) is 0 Å². The van der Waals surface area contributed by atoms with Gasteiger partial charge in [0.05, 0.1) is 5.70 Å². The molecule has 3 aromatic rings. The Morgan fingerprint density at radius 2 is 2.00 bits per heavy atom. The summed E-state index contributed by atoms with van der Waals surface area (Å²) in [5, 5.41) is 3.95. The number of halogens is 1. The summed E-state index contributed by atoms with van der Waals surface area (Å²) in [4.78, 5) is 16.3. The van der Waals surface area contributed by atoms with Crippen LogP contribution < -0.4 is 9.88 Å². The van der Waals surface area contributed by atoms with E-state index in [2.05, 4.69) is 21.4 Å². The lowest BCUT2D eigenvalue weighted by atomic mass is 9.95. The van der Waals surface area contributed by atoms with Crippen molar-refractivity contribution in [1.29, 1.82) is 0 Å². The normalized spacial score (nSPS) is 16.0. The number of carbonyl (C=O) groups is 1. The maximum atomic E-state index is 12.9. The number of aromatic nitrogens is 2. The SMILES string of the molecule is C=CCOC(=O)C1=C(C)Nc2[nH]c3ccccc3[n+]2C1c1ccc(Cl)cc1. The minimum absolute atomic E-state index is 0.161. The van der Waals surface area contributed by atoms with Crippen molar-refractivity contribution in [2.45, 2.75) is 13.0 Å². The zero-order valence-corrected chi connectivity index (χ0v) is 15.6. The van der Waals surface area contributed by atoms with Crippen LogP contribution in [0, 0.1) is 0 Å². The highest BCUT2D eigenvalue weighted by Gasteiger charge is 2.39. The highest BCUT2D eigenvalue weighted by molar-refractivity contribution is 6.30. The molecule has 4 rings (SSSR count). The number of nitrogens with one attached hydrogen (secondary N) is 2. The summed E-state index contributed by atoms with van der Waals surface area (Å²) in [7, 11) is 0. The molecule has 0 spiro atoms. The van der Waals surface area contributed by atoms with Crippen molar-refractivity contribution in [3.05, 3.63) is 83.0 Å². The van der Waals surface area contributed by atoms with Crippen molar-refractivity contribution in [2.24, 2.45) is 0 Å². The third kappa shape index (κ3) is 3.00. The first-order chi connectivity index (χ1) is 13.1. The number of hydrogen-bond donors (Lipinski definition) is 2. The molecule has 5 nitrogen and oxygen atoms in total. The van der Waals surface area contributed by atoms with E-state index in [-0.39, 0.29) is 18.6 Å². The van der Waals surface area contributed by atoms with E-state index in [1.54, 1.807) is 6.08 Å². The largest absolute Gasteiger partial charge is 0.458 e. The lowest BCUT2D eigenvalue weighted by molar-refractivity contribution is -0.666. The Morgan fingerprint density at radius 3 is 2.74 bits per heavy atom. The highest BCUT2D eigenvalue weighted by atomic mass is 35.5. The molecule has 2 aromatic carbocycles. The smallest absolute Gasteiger partial charge is 0.361 e. The van der Waals surface area contributed by atoms with Crippen LogP contribution in [-0.4, -0.2) is 17.6 Å². The molecule has 136 valence electrons. The monoisotopic (exact) mass is 380 g/mol.